The molecule has 1 aromatic heterocycles. The molecule has 1 atom stereocenters. The fourth-order valence-electron chi connectivity index (χ4n) is 4.82. The fourth-order valence-corrected chi connectivity index (χ4v) is 4.95. The maximum atomic E-state index is 14.1. The van der Waals surface area contributed by atoms with E-state index >= 15 is 0 Å². The van der Waals surface area contributed by atoms with Gasteiger partial charge in [0.2, 0.25) is 5.91 Å². The van der Waals surface area contributed by atoms with E-state index in [0.29, 0.717) is 5.02 Å². The fraction of sp³-hybridized carbons (Fsp3) is 0.172. The first-order chi connectivity index (χ1) is 18.3. The lowest BCUT2D eigenvalue weighted by atomic mass is 9.97. The van der Waals surface area contributed by atoms with Crippen LogP contribution in [0.5, 0.6) is 0 Å². The van der Waals surface area contributed by atoms with Gasteiger partial charge in [-0.3, -0.25) is 24.6 Å². The summed E-state index contributed by atoms with van der Waals surface area (Å²) in [4.78, 5) is 41.3. The highest BCUT2D eigenvalue weighted by Gasteiger charge is 2.37. The van der Waals surface area contributed by atoms with Gasteiger partial charge in [-0.25, -0.2) is 0 Å². The number of rotatable bonds is 6. The Morgan fingerprint density at radius 2 is 1.61 bits per heavy atom. The van der Waals surface area contributed by atoms with Crippen LogP contribution in [0, 0.1) is 10.1 Å². The van der Waals surface area contributed by atoms with E-state index in [1.807, 2.05) is 68.6 Å². The average Bonchev–Trinajstić information content (AvgIpc) is 3.41. The summed E-state index contributed by atoms with van der Waals surface area (Å²) in [7, 11) is 0. The zero-order valence-corrected chi connectivity index (χ0v) is 21.6. The van der Waals surface area contributed by atoms with Gasteiger partial charge in [0, 0.05) is 35.0 Å². The van der Waals surface area contributed by atoms with Crippen LogP contribution in [0.25, 0.3) is 5.69 Å². The Hall–Kier alpha value is -4.43. The van der Waals surface area contributed by atoms with Crippen molar-refractivity contribution in [3.8, 4) is 5.69 Å². The summed E-state index contributed by atoms with van der Waals surface area (Å²) in [5.41, 5.74) is 3.57. The number of nitro benzene ring substituents is 1. The van der Waals surface area contributed by atoms with Crippen LogP contribution in [0.3, 0.4) is 0 Å². The average molecular weight is 529 g/mol. The molecule has 3 aromatic carbocycles. The quantitative estimate of drug-likeness (QED) is 0.226. The van der Waals surface area contributed by atoms with Gasteiger partial charge in [0.15, 0.2) is 0 Å². The summed E-state index contributed by atoms with van der Waals surface area (Å²) in [6.45, 7) is 3.50. The third-order valence-electron chi connectivity index (χ3n) is 6.69. The number of benzene rings is 3. The third kappa shape index (κ3) is 4.54. The van der Waals surface area contributed by atoms with Crippen LogP contribution < -0.4 is 4.90 Å². The molecule has 0 saturated heterocycles. The standard InChI is InChI=1S/C29H25ClN4O4/c1-19(2)32(29(36)21-11-15-23(16-12-21)34(37)38)18-27(35)33-25-7-4-3-6-24(25)31-17-5-8-26(31)28(33)20-9-13-22(30)14-10-20/h3-17,19,28H,18H2,1-2H3/t28-/m1/s1. The van der Waals surface area contributed by atoms with Crippen LogP contribution in [0.15, 0.2) is 91.1 Å². The molecule has 0 spiro atoms. The van der Waals surface area contributed by atoms with E-state index in [2.05, 4.69) is 4.57 Å². The van der Waals surface area contributed by atoms with Gasteiger partial charge in [-0.15, -0.1) is 0 Å². The summed E-state index contributed by atoms with van der Waals surface area (Å²) < 4.78 is 2.07. The van der Waals surface area contributed by atoms with Crippen molar-refractivity contribution in [3.05, 3.63) is 123 Å². The lowest BCUT2D eigenvalue weighted by Crippen LogP contribution is -2.48. The largest absolute Gasteiger partial charge is 0.327 e. The number of nitrogens with zero attached hydrogens (tertiary/aromatic N) is 4. The molecule has 38 heavy (non-hydrogen) atoms. The highest BCUT2D eigenvalue weighted by molar-refractivity contribution is 6.30. The minimum atomic E-state index is -0.515. The first-order valence-corrected chi connectivity index (χ1v) is 12.5. The van der Waals surface area contributed by atoms with Crippen LogP contribution in [0.1, 0.15) is 41.5 Å². The van der Waals surface area contributed by atoms with E-state index < -0.39 is 11.0 Å². The van der Waals surface area contributed by atoms with Crippen LogP contribution >= 0.6 is 11.6 Å². The number of anilines is 1. The number of hydrogen-bond donors (Lipinski definition) is 0. The number of nitro groups is 1. The molecule has 1 aliphatic heterocycles. The van der Waals surface area contributed by atoms with Crippen molar-refractivity contribution >= 4 is 34.8 Å². The smallest absolute Gasteiger partial charge is 0.269 e. The summed E-state index contributed by atoms with van der Waals surface area (Å²) in [5.74, 6) is -0.631. The van der Waals surface area contributed by atoms with Crippen LogP contribution in [-0.2, 0) is 4.79 Å². The van der Waals surface area contributed by atoms with Gasteiger partial charge in [-0.1, -0.05) is 35.9 Å². The van der Waals surface area contributed by atoms with Crippen molar-refractivity contribution in [2.75, 3.05) is 11.4 Å². The topological polar surface area (TPSA) is 88.7 Å². The number of halogens is 1. The van der Waals surface area contributed by atoms with E-state index in [4.69, 9.17) is 11.6 Å². The first kappa shape index (κ1) is 25.2. The summed E-state index contributed by atoms with van der Waals surface area (Å²) >= 11 is 6.17. The molecule has 5 rings (SSSR count). The number of amides is 2. The minimum Gasteiger partial charge on any atom is -0.327 e. The molecule has 0 unspecified atom stereocenters. The Balaban J connectivity index is 1.54. The minimum absolute atomic E-state index is 0.104. The van der Waals surface area contributed by atoms with Crippen LogP contribution in [-0.4, -0.2) is 38.8 Å². The van der Waals surface area contributed by atoms with E-state index in [0.717, 1.165) is 22.6 Å². The molecule has 9 heteroatoms. The van der Waals surface area contributed by atoms with Gasteiger partial charge in [0.1, 0.15) is 12.6 Å². The zero-order valence-electron chi connectivity index (χ0n) is 20.8. The van der Waals surface area contributed by atoms with Crippen molar-refractivity contribution in [1.82, 2.24) is 9.47 Å². The number of hydrogen-bond acceptors (Lipinski definition) is 4. The maximum absolute atomic E-state index is 14.1. The lowest BCUT2D eigenvalue weighted by Gasteiger charge is -2.40. The lowest BCUT2D eigenvalue weighted by molar-refractivity contribution is -0.384. The van der Waals surface area contributed by atoms with Gasteiger partial charge < -0.3 is 9.47 Å². The van der Waals surface area contributed by atoms with Gasteiger partial charge >= 0.3 is 0 Å². The highest BCUT2D eigenvalue weighted by Crippen LogP contribution is 2.42. The Labute approximate surface area is 224 Å². The second-order valence-electron chi connectivity index (χ2n) is 9.34. The van der Waals surface area contributed by atoms with Gasteiger partial charge in [-0.05, 0) is 67.9 Å². The Bertz CT molecular complexity index is 1510. The van der Waals surface area contributed by atoms with E-state index in [1.54, 1.807) is 17.0 Å². The number of aromatic nitrogens is 1. The van der Waals surface area contributed by atoms with E-state index in [-0.39, 0.29) is 35.7 Å². The van der Waals surface area contributed by atoms with E-state index in [1.165, 1.54) is 29.2 Å². The Morgan fingerprint density at radius 1 is 0.947 bits per heavy atom. The predicted molar refractivity (Wildman–Crippen MR) is 146 cm³/mol. The molecular weight excluding hydrogens is 504 g/mol. The molecule has 0 N–H and O–H groups in total. The molecule has 192 valence electrons. The van der Waals surface area contributed by atoms with Gasteiger partial charge in [-0.2, -0.15) is 0 Å². The number of para-hydroxylation sites is 2. The van der Waals surface area contributed by atoms with E-state index in [9.17, 15) is 19.7 Å². The number of fused-ring (bicyclic) bond motifs is 3. The molecular formula is C29H25ClN4O4. The van der Waals surface area contributed by atoms with Crippen molar-refractivity contribution in [3.63, 3.8) is 0 Å². The molecule has 0 saturated carbocycles. The van der Waals surface area contributed by atoms with Crippen molar-refractivity contribution in [2.24, 2.45) is 0 Å². The van der Waals surface area contributed by atoms with Crippen LogP contribution in [0.2, 0.25) is 5.02 Å². The second-order valence-corrected chi connectivity index (χ2v) is 9.78. The molecule has 2 heterocycles. The molecule has 4 aromatic rings. The molecule has 0 bridgehead atoms. The monoisotopic (exact) mass is 528 g/mol. The van der Waals surface area contributed by atoms with Crippen molar-refractivity contribution < 1.29 is 14.5 Å². The number of carbonyl (C=O) groups is 2. The Morgan fingerprint density at radius 3 is 2.24 bits per heavy atom. The normalized spacial score (nSPS) is 14.1. The SMILES string of the molecule is CC(C)N(CC(=O)N1c2ccccc2-n2cccc2[C@H]1c1ccc(Cl)cc1)C(=O)c1ccc([N+](=O)[O-])cc1. The van der Waals surface area contributed by atoms with Gasteiger partial charge in [0.25, 0.3) is 11.6 Å². The molecule has 2 amide bonds. The second kappa shape index (κ2) is 10.1. The number of non-ortho nitro benzene ring substituents is 1. The predicted octanol–water partition coefficient (Wildman–Crippen LogP) is 6.03. The third-order valence-corrected chi connectivity index (χ3v) is 6.94. The summed E-state index contributed by atoms with van der Waals surface area (Å²) in [6, 6.07) is 23.7. The summed E-state index contributed by atoms with van der Waals surface area (Å²) in [5, 5.41) is 11.6. The molecule has 0 radical (unpaired) electrons. The zero-order chi connectivity index (χ0) is 27.0. The van der Waals surface area contributed by atoms with Crippen LogP contribution in [0.4, 0.5) is 11.4 Å². The Kier molecular flexibility index (Phi) is 6.73. The molecule has 0 aliphatic carbocycles. The summed E-state index contributed by atoms with van der Waals surface area (Å²) in [6.07, 6.45) is 1.97. The van der Waals surface area contributed by atoms with Crippen molar-refractivity contribution in [2.45, 2.75) is 25.9 Å². The maximum Gasteiger partial charge on any atom is 0.269 e. The number of carbonyl (C=O) groups excluding carboxylic acids is 2. The molecule has 0 fully saturated rings. The molecule has 1 aliphatic rings. The highest BCUT2D eigenvalue weighted by atomic mass is 35.5. The van der Waals surface area contributed by atoms with Gasteiger partial charge in [0.05, 0.1) is 22.0 Å². The first-order valence-electron chi connectivity index (χ1n) is 12.2. The van der Waals surface area contributed by atoms with Crippen molar-refractivity contribution in [1.29, 1.82) is 0 Å². The molecule has 8 nitrogen and oxygen atoms in total.